The molecular formula is C8H15NaO3. The van der Waals surface area contributed by atoms with Crippen molar-refractivity contribution in [3.05, 3.63) is 0 Å². The molecule has 0 aliphatic carbocycles. The molecule has 1 unspecified atom stereocenters. The Bertz CT molecular complexity index is 125. The van der Waals surface area contributed by atoms with Gasteiger partial charge in [0.15, 0.2) is 0 Å². The van der Waals surface area contributed by atoms with Gasteiger partial charge in [0.1, 0.15) is 0 Å². The Labute approximate surface area is 95.5 Å². The van der Waals surface area contributed by atoms with Crippen LogP contribution in [0.25, 0.3) is 0 Å². The minimum atomic E-state index is -1.05. The Morgan fingerprint density at radius 1 is 1.50 bits per heavy atom. The van der Waals surface area contributed by atoms with Crippen molar-refractivity contribution in [2.24, 2.45) is 11.8 Å². The maximum Gasteiger partial charge on any atom is 1.00 e. The molecule has 0 aliphatic rings. The summed E-state index contributed by atoms with van der Waals surface area (Å²) in [4.78, 5) is 10.4. The van der Waals surface area contributed by atoms with Crippen molar-refractivity contribution in [1.82, 2.24) is 0 Å². The summed E-state index contributed by atoms with van der Waals surface area (Å²) in [5, 5.41) is 18.9. The zero-order valence-corrected chi connectivity index (χ0v) is 10.0. The van der Waals surface area contributed by atoms with E-state index in [1.807, 2.05) is 13.8 Å². The normalized spacial score (nSPS) is 12.3. The predicted molar refractivity (Wildman–Crippen MR) is 39.7 cm³/mol. The minimum Gasteiger partial charge on any atom is -0.550 e. The van der Waals surface area contributed by atoms with Gasteiger partial charge in [-0.2, -0.15) is 0 Å². The standard InChI is InChI=1S/C8H16O3.Na/c1-6(2)5-7(3-4-9)8(10)11;/h6-7,9H,3-5H2,1-2H3,(H,10,11);/q;+1/p-1. The van der Waals surface area contributed by atoms with Crippen LogP contribution in [0.5, 0.6) is 0 Å². The number of aliphatic carboxylic acids is 1. The largest absolute Gasteiger partial charge is 1.00 e. The molecule has 4 heteroatoms. The molecule has 66 valence electrons. The Kier molecular flexibility index (Phi) is 10.0. The molecule has 0 spiro atoms. The SMILES string of the molecule is CC(C)CC(CCO)C(=O)[O-].[Na+]. The number of carboxylic acid groups (broad SMARTS) is 1. The van der Waals surface area contributed by atoms with E-state index in [4.69, 9.17) is 5.11 Å². The van der Waals surface area contributed by atoms with Gasteiger partial charge in [0.25, 0.3) is 0 Å². The van der Waals surface area contributed by atoms with Gasteiger partial charge in [-0.3, -0.25) is 0 Å². The monoisotopic (exact) mass is 182 g/mol. The molecule has 1 atom stereocenters. The molecule has 1 N–H and O–H groups in total. The molecular weight excluding hydrogens is 167 g/mol. The van der Waals surface area contributed by atoms with Crippen molar-refractivity contribution in [1.29, 1.82) is 0 Å². The van der Waals surface area contributed by atoms with E-state index < -0.39 is 11.9 Å². The molecule has 0 radical (unpaired) electrons. The second-order valence-electron chi connectivity index (χ2n) is 3.16. The first-order valence-electron chi connectivity index (χ1n) is 3.89. The topological polar surface area (TPSA) is 60.4 Å². The van der Waals surface area contributed by atoms with Gasteiger partial charge in [0, 0.05) is 18.5 Å². The van der Waals surface area contributed by atoms with Crippen LogP contribution in [0.3, 0.4) is 0 Å². The molecule has 0 heterocycles. The van der Waals surface area contributed by atoms with Crippen molar-refractivity contribution >= 4 is 5.97 Å². The van der Waals surface area contributed by atoms with E-state index >= 15 is 0 Å². The Balaban J connectivity index is 0. The van der Waals surface area contributed by atoms with E-state index in [2.05, 4.69) is 0 Å². The molecule has 0 aromatic heterocycles. The van der Waals surface area contributed by atoms with Crippen molar-refractivity contribution in [2.45, 2.75) is 26.7 Å². The first-order valence-corrected chi connectivity index (χ1v) is 3.89. The zero-order chi connectivity index (χ0) is 8.85. The van der Waals surface area contributed by atoms with Crippen molar-refractivity contribution < 1.29 is 44.6 Å². The Morgan fingerprint density at radius 3 is 2.25 bits per heavy atom. The Hall–Kier alpha value is 0.430. The average molecular weight is 182 g/mol. The summed E-state index contributed by atoms with van der Waals surface area (Å²) in [6.45, 7) is 3.83. The summed E-state index contributed by atoms with van der Waals surface area (Å²) in [6.07, 6.45) is 0.892. The maximum absolute atomic E-state index is 10.4. The summed E-state index contributed by atoms with van der Waals surface area (Å²) in [5.41, 5.74) is 0. The first kappa shape index (κ1) is 14.9. The van der Waals surface area contributed by atoms with Crippen LogP contribution in [0.1, 0.15) is 26.7 Å². The quantitative estimate of drug-likeness (QED) is 0.455. The van der Waals surface area contributed by atoms with Gasteiger partial charge < -0.3 is 15.0 Å². The van der Waals surface area contributed by atoms with Crippen molar-refractivity contribution in [3.8, 4) is 0 Å². The molecule has 0 saturated heterocycles. The molecule has 0 bridgehead atoms. The summed E-state index contributed by atoms with van der Waals surface area (Å²) < 4.78 is 0. The van der Waals surface area contributed by atoms with Crippen LogP contribution in [-0.4, -0.2) is 17.7 Å². The maximum atomic E-state index is 10.4. The first-order chi connectivity index (χ1) is 5.07. The number of carbonyl (C=O) groups is 1. The molecule has 0 fully saturated rings. The zero-order valence-electron chi connectivity index (χ0n) is 8.04. The van der Waals surface area contributed by atoms with Crippen LogP contribution in [-0.2, 0) is 4.79 Å². The van der Waals surface area contributed by atoms with Crippen LogP contribution in [0, 0.1) is 11.8 Å². The van der Waals surface area contributed by atoms with E-state index in [9.17, 15) is 9.90 Å². The van der Waals surface area contributed by atoms with E-state index in [0.717, 1.165) is 0 Å². The molecule has 12 heavy (non-hydrogen) atoms. The number of carboxylic acids is 1. The fourth-order valence-corrected chi connectivity index (χ4v) is 1.06. The van der Waals surface area contributed by atoms with Crippen LogP contribution in [0.2, 0.25) is 0 Å². The van der Waals surface area contributed by atoms with Gasteiger partial charge in [-0.1, -0.05) is 13.8 Å². The number of hydrogen-bond donors (Lipinski definition) is 1. The smallest absolute Gasteiger partial charge is 0.550 e. The van der Waals surface area contributed by atoms with Crippen LogP contribution in [0.15, 0.2) is 0 Å². The number of hydrogen-bond acceptors (Lipinski definition) is 3. The van der Waals surface area contributed by atoms with Gasteiger partial charge in [-0.15, -0.1) is 0 Å². The molecule has 0 amide bonds. The van der Waals surface area contributed by atoms with Crippen LogP contribution >= 0.6 is 0 Å². The molecule has 0 aliphatic heterocycles. The summed E-state index contributed by atoms with van der Waals surface area (Å²) >= 11 is 0. The molecule has 0 aromatic rings. The fraction of sp³-hybridized carbons (Fsp3) is 0.875. The van der Waals surface area contributed by atoms with Gasteiger partial charge in [-0.05, 0) is 18.8 Å². The third-order valence-corrected chi connectivity index (χ3v) is 1.57. The molecule has 0 rings (SSSR count). The third-order valence-electron chi connectivity index (χ3n) is 1.57. The van der Waals surface area contributed by atoms with E-state index in [1.165, 1.54) is 0 Å². The predicted octanol–water partition coefficient (Wildman–Crippen LogP) is -3.21. The molecule has 3 nitrogen and oxygen atoms in total. The number of carbonyl (C=O) groups excluding carboxylic acids is 1. The Morgan fingerprint density at radius 2 is 2.00 bits per heavy atom. The van der Waals surface area contributed by atoms with E-state index in [0.29, 0.717) is 18.8 Å². The minimum absolute atomic E-state index is 0. The third kappa shape index (κ3) is 7.10. The molecule has 0 saturated carbocycles. The molecule has 0 aromatic carbocycles. The summed E-state index contributed by atoms with van der Waals surface area (Å²) in [7, 11) is 0. The number of aliphatic hydroxyl groups is 1. The van der Waals surface area contributed by atoms with Gasteiger partial charge in [0.05, 0.1) is 0 Å². The van der Waals surface area contributed by atoms with Gasteiger partial charge >= 0.3 is 29.6 Å². The van der Waals surface area contributed by atoms with Gasteiger partial charge in [-0.25, -0.2) is 0 Å². The second-order valence-corrected chi connectivity index (χ2v) is 3.16. The van der Waals surface area contributed by atoms with Crippen molar-refractivity contribution in [3.63, 3.8) is 0 Å². The van der Waals surface area contributed by atoms with E-state index in [1.54, 1.807) is 0 Å². The van der Waals surface area contributed by atoms with Crippen LogP contribution in [0.4, 0.5) is 0 Å². The summed E-state index contributed by atoms with van der Waals surface area (Å²) in [5.74, 6) is -1.20. The average Bonchev–Trinajstić information content (AvgIpc) is 1.86. The van der Waals surface area contributed by atoms with E-state index in [-0.39, 0.29) is 36.2 Å². The van der Waals surface area contributed by atoms with Gasteiger partial charge in [0.2, 0.25) is 0 Å². The van der Waals surface area contributed by atoms with Crippen molar-refractivity contribution in [2.75, 3.05) is 6.61 Å². The number of rotatable bonds is 5. The van der Waals surface area contributed by atoms with Crippen LogP contribution < -0.4 is 34.7 Å². The second kappa shape index (κ2) is 8.05. The fourth-order valence-electron chi connectivity index (χ4n) is 1.06. The summed E-state index contributed by atoms with van der Waals surface area (Å²) in [6, 6.07) is 0. The number of aliphatic hydroxyl groups excluding tert-OH is 1.